The highest BCUT2D eigenvalue weighted by molar-refractivity contribution is 6.36. The monoisotopic (exact) mass is 333 g/mol. The lowest BCUT2D eigenvalue weighted by Gasteiger charge is -2.17. The van der Waals surface area contributed by atoms with Gasteiger partial charge in [0.05, 0.1) is 22.6 Å². The predicted molar refractivity (Wildman–Crippen MR) is 90.1 cm³/mol. The highest BCUT2D eigenvalue weighted by Crippen LogP contribution is 2.55. The van der Waals surface area contributed by atoms with Crippen molar-refractivity contribution in [2.45, 2.75) is 31.6 Å². The first-order valence-corrected chi connectivity index (χ1v) is 8.47. The van der Waals surface area contributed by atoms with Gasteiger partial charge in [-0.2, -0.15) is 0 Å². The molecule has 1 aromatic heterocycles. The number of hydrogen-bond donors (Lipinski definition) is 1. The molecule has 0 atom stereocenters. The van der Waals surface area contributed by atoms with Crippen LogP contribution in [0.2, 0.25) is 10.0 Å². The zero-order chi connectivity index (χ0) is 15.3. The van der Waals surface area contributed by atoms with E-state index in [9.17, 15) is 0 Å². The van der Waals surface area contributed by atoms with Gasteiger partial charge in [-0.3, -0.25) is 0 Å². The topological polar surface area (TPSA) is 51.8 Å². The molecule has 5 heteroatoms. The van der Waals surface area contributed by atoms with Crippen molar-refractivity contribution in [1.82, 2.24) is 9.97 Å². The lowest BCUT2D eigenvalue weighted by Crippen LogP contribution is -2.11. The highest BCUT2D eigenvalue weighted by atomic mass is 35.5. The lowest BCUT2D eigenvalue weighted by molar-refractivity contribution is 0.525. The minimum absolute atomic E-state index is 0.471. The van der Waals surface area contributed by atoms with Gasteiger partial charge in [0.1, 0.15) is 5.82 Å². The molecular weight excluding hydrogens is 317 g/mol. The summed E-state index contributed by atoms with van der Waals surface area (Å²) in [5, 5.41) is 1.21. The van der Waals surface area contributed by atoms with Crippen molar-refractivity contribution in [2.24, 2.45) is 11.8 Å². The van der Waals surface area contributed by atoms with Gasteiger partial charge < -0.3 is 5.73 Å². The normalized spacial score (nSPS) is 18.0. The first-order chi connectivity index (χ1) is 10.6. The minimum Gasteiger partial charge on any atom is -0.382 e. The molecule has 0 saturated heterocycles. The van der Waals surface area contributed by atoms with Crippen LogP contribution in [0.1, 0.15) is 37.3 Å². The van der Waals surface area contributed by atoms with E-state index in [-0.39, 0.29) is 0 Å². The van der Waals surface area contributed by atoms with E-state index in [1.165, 1.54) is 25.7 Å². The van der Waals surface area contributed by atoms with Crippen LogP contribution >= 0.6 is 23.2 Å². The van der Waals surface area contributed by atoms with Crippen LogP contribution in [0.15, 0.2) is 24.4 Å². The van der Waals surface area contributed by atoms with Crippen LogP contribution in [0, 0.1) is 11.8 Å². The van der Waals surface area contributed by atoms with Crippen molar-refractivity contribution in [3.8, 4) is 11.3 Å². The van der Waals surface area contributed by atoms with Crippen molar-refractivity contribution in [2.75, 3.05) is 5.73 Å². The standard InChI is InChI=1S/C17H17Cl2N3/c18-11-5-6-12(13(19)7-11)14-8-21-17(20)16(22-14)15(9-1-2-9)10-3-4-10/h5-10,15H,1-4H2,(H2,20,21). The minimum atomic E-state index is 0.471. The van der Waals surface area contributed by atoms with E-state index < -0.39 is 0 Å². The fourth-order valence-electron chi connectivity index (χ4n) is 3.23. The maximum atomic E-state index is 6.30. The molecule has 0 aliphatic heterocycles. The molecule has 0 spiro atoms. The zero-order valence-electron chi connectivity index (χ0n) is 12.1. The number of halogens is 2. The number of anilines is 1. The number of benzene rings is 1. The Morgan fingerprint density at radius 1 is 1.09 bits per heavy atom. The summed E-state index contributed by atoms with van der Waals surface area (Å²) in [5.74, 6) is 2.51. The van der Waals surface area contributed by atoms with Crippen LogP contribution in [0.5, 0.6) is 0 Å². The zero-order valence-corrected chi connectivity index (χ0v) is 13.6. The first-order valence-electron chi connectivity index (χ1n) is 7.71. The molecule has 0 radical (unpaired) electrons. The Morgan fingerprint density at radius 3 is 2.36 bits per heavy atom. The van der Waals surface area contributed by atoms with Gasteiger partial charge in [-0.1, -0.05) is 23.2 Å². The van der Waals surface area contributed by atoms with Crippen molar-refractivity contribution in [3.63, 3.8) is 0 Å². The fourth-order valence-corrected chi connectivity index (χ4v) is 3.73. The molecule has 1 aromatic carbocycles. The van der Waals surface area contributed by atoms with Crippen LogP contribution in [0.3, 0.4) is 0 Å². The van der Waals surface area contributed by atoms with Crippen LogP contribution in [0.4, 0.5) is 5.82 Å². The molecule has 3 nitrogen and oxygen atoms in total. The first kappa shape index (κ1) is 14.3. The van der Waals surface area contributed by atoms with Crippen molar-refractivity contribution < 1.29 is 0 Å². The molecule has 2 aliphatic carbocycles. The number of nitrogen functional groups attached to an aromatic ring is 1. The molecule has 114 valence electrons. The Hall–Kier alpha value is -1.32. The van der Waals surface area contributed by atoms with Gasteiger partial charge in [0.2, 0.25) is 0 Å². The van der Waals surface area contributed by atoms with Gasteiger partial charge in [-0.15, -0.1) is 0 Å². The van der Waals surface area contributed by atoms with E-state index in [0.29, 0.717) is 21.8 Å². The molecule has 2 fully saturated rings. The summed E-state index contributed by atoms with van der Waals surface area (Å²) in [6.45, 7) is 0. The van der Waals surface area contributed by atoms with Crippen LogP contribution < -0.4 is 5.73 Å². The van der Waals surface area contributed by atoms with E-state index in [2.05, 4.69) is 4.98 Å². The van der Waals surface area contributed by atoms with E-state index in [0.717, 1.165) is 28.8 Å². The highest BCUT2D eigenvalue weighted by Gasteiger charge is 2.44. The Labute approximate surface area is 139 Å². The summed E-state index contributed by atoms with van der Waals surface area (Å²) >= 11 is 12.3. The van der Waals surface area contributed by atoms with Gasteiger partial charge in [0, 0.05) is 16.5 Å². The second kappa shape index (κ2) is 5.39. The predicted octanol–water partition coefficient (Wildman–Crippen LogP) is 4.94. The van der Waals surface area contributed by atoms with E-state index in [1.807, 2.05) is 12.1 Å². The number of nitrogens with two attached hydrogens (primary N) is 1. The molecule has 4 rings (SSSR count). The number of rotatable bonds is 4. The van der Waals surface area contributed by atoms with Gasteiger partial charge in [-0.25, -0.2) is 9.97 Å². The van der Waals surface area contributed by atoms with E-state index >= 15 is 0 Å². The summed E-state index contributed by atoms with van der Waals surface area (Å²) in [6, 6.07) is 5.44. The fraction of sp³-hybridized carbons (Fsp3) is 0.412. The third kappa shape index (κ3) is 2.68. The second-order valence-electron chi connectivity index (χ2n) is 6.35. The lowest BCUT2D eigenvalue weighted by atomic mass is 9.93. The molecule has 0 amide bonds. The summed E-state index contributed by atoms with van der Waals surface area (Å²) in [6.07, 6.45) is 6.84. The summed E-state index contributed by atoms with van der Waals surface area (Å²) in [5.41, 5.74) is 8.73. The van der Waals surface area contributed by atoms with E-state index in [4.69, 9.17) is 33.9 Å². The molecule has 22 heavy (non-hydrogen) atoms. The molecule has 1 heterocycles. The van der Waals surface area contributed by atoms with E-state index in [1.54, 1.807) is 12.3 Å². The number of hydrogen-bond acceptors (Lipinski definition) is 3. The van der Waals surface area contributed by atoms with Crippen molar-refractivity contribution >= 4 is 29.0 Å². The average molecular weight is 334 g/mol. The SMILES string of the molecule is Nc1ncc(-c2ccc(Cl)cc2Cl)nc1C(C1CC1)C1CC1. The maximum absolute atomic E-state index is 6.30. The molecule has 2 N–H and O–H groups in total. The molecule has 2 aromatic rings. The quantitative estimate of drug-likeness (QED) is 0.862. The van der Waals surface area contributed by atoms with Crippen molar-refractivity contribution in [1.29, 1.82) is 0 Å². The molecule has 2 aliphatic rings. The molecule has 0 unspecified atom stereocenters. The van der Waals surface area contributed by atoms with Gasteiger partial charge in [-0.05, 0) is 55.7 Å². The Kier molecular flexibility index (Phi) is 3.50. The Morgan fingerprint density at radius 2 is 1.77 bits per heavy atom. The van der Waals surface area contributed by atoms with Gasteiger partial charge in [0.15, 0.2) is 0 Å². The largest absolute Gasteiger partial charge is 0.382 e. The second-order valence-corrected chi connectivity index (χ2v) is 7.19. The van der Waals surface area contributed by atoms with Crippen LogP contribution in [0.25, 0.3) is 11.3 Å². The number of nitrogens with zero attached hydrogens (tertiary/aromatic N) is 2. The smallest absolute Gasteiger partial charge is 0.145 e. The van der Waals surface area contributed by atoms with Gasteiger partial charge >= 0.3 is 0 Å². The third-order valence-corrected chi connectivity index (χ3v) is 5.16. The van der Waals surface area contributed by atoms with Gasteiger partial charge in [0.25, 0.3) is 0 Å². The summed E-state index contributed by atoms with van der Waals surface area (Å²) in [4.78, 5) is 9.22. The average Bonchev–Trinajstić information content (AvgIpc) is 3.35. The number of aromatic nitrogens is 2. The Balaban J connectivity index is 1.76. The maximum Gasteiger partial charge on any atom is 0.145 e. The van der Waals surface area contributed by atoms with Crippen LogP contribution in [-0.4, -0.2) is 9.97 Å². The molecular formula is C17H17Cl2N3. The molecule has 0 bridgehead atoms. The van der Waals surface area contributed by atoms with Crippen LogP contribution in [-0.2, 0) is 0 Å². The Bertz CT molecular complexity index is 712. The molecule has 2 saturated carbocycles. The van der Waals surface area contributed by atoms with Crippen molar-refractivity contribution in [3.05, 3.63) is 40.1 Å². The summed E-state index contributed by atoms with van der Waals surface area (Å²) < 4.78 is 0. The summed E-state index contributed by atoms with van der Waals surface area (Å²) in [7, 11) is 0. The third-order valence-electron chi connectivity index (χ3n) is 4.61.